The minimum absolute atomic E-state index is 0.0132. The molecule has 3 rings (SSSR count). The van der Waals surface area contributed by atoms with Crippen LogP contribution in [0.25, 0.3) is 0 Å². The summed E-state index contributed by atoms with van der Waals surface area (Å²) in [4.78, 5) is 38.1. The maximum absolute atomic E-state index is 12.9. The van der Waals surface area contributed by atoms with Crippen LogP contribution in [-0.4, -0.2) is 51.6 Å². The molecule has 0 fully saturated rings. The molecule has 1 N–H and O–H groups in total. The molecule has 1 unspecified atom stereocenters. The van der Waals surface area contributed by atoms with E-state index >= 15 is 0 Å². The van der Waals surface area contributed by atoms with E-state index in [2.05, 4.69) is 15.5 Å². The van der Waals surface area contributed by atoms with Crippen molar-refractivity contribution in [2.45, 2.75) is 59.3 Å². The van der Waals surface area contributed by atoms with Gasteiger partial charge in [0.15, 0.2) is 17.1 Å². The minimum atomic E-state index is -0.613. The Morgan fingerprint density at radius 2 is 1.68 bits per heavy atom. The average Bonchev–Trinajstić information content (AvgIpc) is 3.44. The Morgan fingerprint density at radius 3 is 2.32 bits per heavy atom. The summed E-state index contributed by atoms with van der Waals surface area (Å²) < 4.78 is 18.2. The number of carbonyl (C=O) groups excluding carboxylic acids is 3. The quantitative estimate of drug-likeness (QED) is 0.235. The van der Waals surface area contributed by atoms with E-state index in [0.29, 0.717) is 23.1 Å². The summed E-state index contributed by atoms with van der Waals surface area (Å²) in [6.45, 7) is 11.8. The Kier molecular flexibility index (Phi) is 10.3. The monoisotopic (exact) mass is 560 g/mol. The van der Waals surface area contributed by atoms with Crippen LogP contribution in [0, 0.1) is 13.8 Å². The van der Waals surface area contributed by atoms with Gasteiger partial charge in [0.1, 0.15) is 15.6 Å². The van der Waals surface area contributed by atoms with Gasteiger partial charge in [-0.1, -0.05) is 29.5 Å². The summed E-state index contributed by atoms with van der Waals surface area (Å²) in [6, 6.07) is 7.76. The lowest BCUT2D eigenvalue weighted by molar-refractivity contribution is -0.113. The molecule has 204 valence electrons. The molecule has 1 atom stereocenters. The molecule has 0 bridgehead atoms. The topological polar surface area (TPSA) is 122 Å². The third-order valence-corrected chi connectivity index (χ3v) is 7.59. The molecule has 1 amide bonds. The second-order valence-electron chi connectivity index (χ2n) is 8.20. The van der Waals surface area contributed by atoms with Crippen molar-refractivity contribution >= 4 is 45.9 Å². The molecule has 0 aliphatic heterocycles. The third kappa shape index (κ3) is 6.93. The summed E-state index contributed by atoms with van der Waals surface area (Å²) in [7, 11) is 0. The summed E-state index contributed by atoms with van der Waals surface area (Å²) in [5.74, 6) is -0.145. The number of rotatable bonds is 12. The summed E-state index contributed by atoms with van der Waals surface area (Å²) in [5, 5.41) is 12.1. The lowest BCUT2D eigenvalue weighted by Gasteiger charge is -2.15. The van der Waals surface area contributed by atoms with E-state index in [9.17, 15) is 14.4 Å². The molecule has 0 saturated heterocycles. The number of nitrogens with zero attached hydrogens (tertiary/aromatic N) is 3. The molecule has 0 aliphatic rings. The molecule has 3 aromatic rings. The van der Waals surface area contributed by atoms with Crippen molar-refractivity contribution in [3.05, 3.63) is 51.7 Å². The zero-order valence-electron chi connectivity index (χ0n) is 22.3. The normalized spacial score (nSPS) is 11.6. The van der Waals surface area contributed by atoms with Crippen molar-refractivity contribution in [1.29, 1.82) is 0 Å². The fourth-order valence-electron chi connectivity index (χ4n) is 3.61. The van der Waals surface area contributed by atoms with Gasteiger partial charge in [0.05, 0.1) is 24.5 Å². The molecule has 38 heavy (non-hydrogen) atoms. The first-order valence-corrected chi connectivity index (χ1v) is 14.1. The molecule has 0 saturated carbocycles. The molecule has 0 aliphatic carbocycles. The Bertz CT molecular complexity index is 1290. The highest BCUT2D eigenvalue weighted by atomic mass is 32.2. The van der Waals surface area contributed by atoms with Crippen LogP contribution in [0.4, 0.5) is 5.00 Å². The Hall–Kier alpha value is -3.38. The Morgan fingerprint density at radius 1 is 1.03 bits per heavy atom. The number of thiophene rings is 1. The van der Waals surface area contributed by atoms with Crippen molar-refractivity contribution in [3.8, 4) is 5.75 Å². The molecular formula is C26H32N4O6S2. The second-order valence-corrected chi connectivity index (χ2v) is 10.2. The number of ether oxygens (including phenoxy) is 3. The first-order valence-electron chi connectivity index (χ1n) is 12.3. The molecule has 12 heteroatoms. The van der Waals surface area contributed by atoms with Crippen LogP contribution >= 0.6 is 23.1 Å². The van der Waals surface area contributed by atoms with Gasteiger partial charge in [-0.2, -0.15) is 0 Å². The number of benzene rings is 1. The van der Waals surface area contributed by atoms with E-state index in [0.717, 1.165) is 22.6 Å². The van der Waals surface area contributed by atoms with Crippen molar-refractivity contribution < 1.29 is 28.6 Å². The maximum atomic E-state index is 12.9. The average molecular weight is 561 g/mol. The van der Waals surface area contributed by atoms with Gasteiger partial charge in [0, 0.05) is 6.54 Å². The number of thioether (sulfide) groups is 1. The summed E-state index contributed by atoms with van der Waals surface area (Å²) in [6.07, 6.45) is -0.351. The predicted octanol–water partition coefficient (Wildman–Crippen LogP) is 5.20. The SMILES string of the molecule is CCOC(=O)c1sc(NC(=O)CSc2nnc(C(C)Oc3ccc(C)cc3)n2CC)c(C(=O)OCC)c1C. The lowest BCUT2D eigenvalue weighted by atomic mass is 10.1. The van der Waals surface area contributed by atoms with E-state index in [1.807, 2.05) is 49.6 Å². The van der Waals surface area contributed by atoms with Gasteiger partial charge in [-0.05, 0) is 59.2 Å². The zero-order valence-corrected chi connectivity index (χ0v) is 24.0. The van der Waals surface area contributed by atoms with E-state index < -0.39 is 11.9 Å². The highest BCUT2D eigenvalue weighted by molar-refractivity contribution is 7.99. The molecule has 0 spiro atoms. The fourth-order valence-corrected chi connectivity index (χ4v) is 5.53. The highest BCUT2D eigenvalue weighted by Crippen LogP contribution is 2.34. The minimum Gasteiger partial charge on any atom is -0.483 e. The van der Waals surface area contributed by atoms with Crippen LogP contribution < -0.4 is 10.1 Å². The van der Waals surface area contributed by atoms with Crippen LogP contribution in [0.5, 0.6) is 5.75 Å². The van der Waals surface area contributed by atoms with Crippen molar-refractivity contribution in [1.82, 2.24) is 14.8 Å². The van der Waals surface area contributed by atoms with Gasteiger partial charge in [-0.3, -0.25) is 4.79 Å². The first-order chi connectivity index (χ1) is 18.2. The van der Waals surface area contributed by atoms with Crippen LogP contribution in [0.15, 0.2) is 29.4 Å². The van der Waals surface area contributed by atoms with Crippen LogP contribution in [-0.2, 0) is 20.8 Å². The van der Waals surface area contributed by atoms with Crippen molar-refractivity contribution in [3.63, 3.8) is 0 Å². The third-order valence-electron chi connectivity index (χ3n) is 5.43. The van der Waals surface area contributed by atoms with Gasteiger partial charge in [0.2, 0.25) is 5.91 Å². The van der Waals surface area contributed by atoms with Gasteiger partial charge in [-0.15, -0.1) is 21.5 Å². The van der Waals surface area contributed by atoms with Crippen LogP contribution in [0.2, 0.25) is 0 Å². The number of nitrogens with one attached hydrogen (secondary N) is 1. The maximum Gasteiger partial charge on any atom is 0.348 e. The number of hydrogen-bond donors (Lipinski definition) is 1. The Balaban J connectivity index is 1.72. The number of amides is 1. The zero-order chi connectivity index (χ0) is 27.8. The van der Waals surface area contributed by atoms with Gasteiger partial charge >= 0.3 is 11.9 Å². The van der Waals surface area contributed by atoms with Crippen molar-refractivity contribution in [2.75, 3.05) is 24.3 Å². The summed E-state index contributed by atoms with van der Waals surface area (Å²) >= 11 is 2.20. The second kappa shape index (κ2) is 13.4. The molecule has 2 heterocycles. The summed E-state index contributed by atoms with van der Waals surface area (Å²) in [5.41, 5.74) is 1.70. The number of esters is 2. The van der Waals surface area contributed by atoms with Gasteiger partial charge in [0.25, 0.3) is 0 Å². The van der Waals surface area contributed by atoms with Crippen LogP contribution in [0.3, 0.4) is 0 Å². The number of carbonyl (C=O) groups is 3. The number of aromatic nitrogens is 3. The number of aryl methyl sites for hydroxylation is 1. The lowest BCUT2D eigenvalue weighted by Crippen LogP contribution is -2.17. The largest absolute Gasteiger partial charge is 0.483 e. The molecule has 1 aromatic carbocycles. The number of hydrogen-bond acceptors (Lipinski definition) is 10. The Labute approximate surface area is 230 Å². The van der Waals surface area contributed by atoms with E-state index in [-0.39, 0.29) is 46.4 Å². The van der Waals surface area contributed by atoms with Gasteiger partial charge < -0.3 is 24.1 Å². The van der Waals surface area contributed by atoms with Crippen molar-refractivity contribution in [2.24, 2.45) is 0 Å². The van der Waals surface area contributed by atoms with E-state index in [1.165, 1.54) is 11.8 Å². The first kappa shape index (κ1) is 29.2. The smallest absolute Gasteiger partial charge is 0.348 e. The van der Waals surface area contributed by atoms with Gasteiger partial charge in [-0.25, -0.2) is 9.59 Å². The van der Waals surface area contributed by atoms with E-state index in [4.69, 9.17) is 14.2 Å². The standard InChI is InChI=1S/C26H32N4O6S2/c1-7-30-22(17(6)36-18-12-10-15(4)11-13-18)28-29-26(30)37-14-19(31)27-23-20(24(32)34-8-2)16(5)21(38-23)25(33)35-9-3/h10-13,17H,7-9,14H2,1-6H3,(H,27,31). The molecule has 2 aromatic heterocycles. The van der Waals surface area contributed by atoms with E-state index in [1.54, 1.807) is 20.8 Å². The predicted molar refractivity (Wildman–Crippen MR) is 146 cm³/mol. The highest BCUT2D eigenvalue weighted by Gasteiger charge is 2.27. The molecule has 10 nitrogen and oxygen atoms in total. The fraction of sp³-hybridized carbons (Fsp3) is 0.423. The number of anilines is 1. The molecule has 0 radical (unpaired) electrons. The van der Waals surface area contributed by atoms with Crippen LogP contribution in [0.1, 0.15) is 70.8 Å². The molecular weight excluding hydrogens is 528 g/mol.